The predicted octanol–water partition coefficient (Wildman–Crippen LogP) is 4.11. The molecule has 0 fully saturated rings. The second-order valence-electron chi connectivity index (χ2n) is 7.05. The van der Waals surface area contributed by atoms with Gasteiger partial charge in [0.05, 0.1) is 0 Å². The van der Waals surface area contributed by atoms with E-state index in [4.69, 9.17) is 0 Å². The Bertz CT molecular complexity index is 849. The van der Waals surface area contributed by atoms with Gasteiger partial charge in [-0.25, -0.2) is 0 Å². The second-order valence-corrected chi connectivity index (χ2v) is 7.05. The van der Waals surface area contributed by atoms with Gasteiger partial charge in [0.2, 0.25) is 11.8 Å². The Kier molecular flexibility index (Phi) is 5.60. The SMILES string of the molecule is CC(=O)c1cccc(NC(=O)C(C)(C)C(=O)Nc2cc(C)cc(C)c2)c1. The van der Waals surface area contributed by atoms with Crippen LogP contribution < -0.4 is 10.6 Å². The van der Waals surface area contributed by atoms with Crippen LogP contribution in [0.2, 0.25) is 0 Å². The number of benzene rings is 2. The maximum absolute atomic E-state index is 12.6. The third kappa shape index (κ3) is 4.57. The molecule has 0 aliphatic rings. The molecule has 0 aromatic heterocycles. The maximum Gasteiger partial charge on any atom is 0.239 e. The van der Waals surface area contributed by atoms with Crippen LogP contribution in [-0.4, -0.2) is 17.6 Å². The largest absolute Gasteiger partial charge is 0.325 e. The van der Waals surface area contributed by atoms with Crippen molar-refractivity contribution in [3.8, 4) is 0 Å². The lowest BCUT2D eigenvalue weighted by Gasteiger charge is -2.23. The van der Waals surface area contributed by atoms with Crippen LogP contribution in [0, 0.1) is 19.3 Å². The first-order valence-electron chi connectivity index (χ1n) is 8.42. The van der Waals surface area contributed by atoms with Crippen molar-refractivity contribution in [3.63, 3.8) is 0 Å². The lowest BCUT2D eigenvalue weighted by Crippen LogP contribution is -2.41. The zero-order valence-corrected chi connectivity index (χ0v) is 15.8. The molecule has 136 valence electrons. The van der Waals surface area contributed by atoms with E-state index in [2.05, 4.69) is 10.6 Å². The molecule has 0 spiro atoms. The summed E-state index contributed by atoms with van der Waals surface area (Å²) in [7, 11) is 0. The standard InChI is InChI=1S/C21H24N2O3/c1-13-9-14(2)11-18(10-13)23-20(26)21(4,5)19(25)22-17-8-6-7-16(12-17)15(3)24/h6-12H,1-5H3,(H,22,25)(H,23,26). The first-order valence-corrected chi connectivity index (χ1v) is 8.42. The zero-order chi connectivity index (χ0) is 19.5. The first-order chi connectivity index (χ1) is 12.1. The average Bonchev–Trinajstić information content (AvgIpc) is 2.53. The monoisotopic (exact) mass is 352 g/mol. The highest BCUT2D eigenvalue weighted by atomic mass is 16.2. The molecule has 0 bridgehead atoms. The number of hydrogen-bond acceptors (Lipinski definition) is 3. The smallest absolute Gasteiger partial charge is 0.239 e. The number of Topliss-reactive ketones (excluding diaryl/α,β-unsaturated/α-hetero) is 1. The van der Waals surface area contributed by atoms with Crippen LogP contribution in [0.1, 0.15) is 42.3 Å². The van der Waals surface area contributed by atoms with Gasteiger partial charge in [-0.05, 0) is 70.0 Å². The highest BCUT2D eigenvalue weighted by Crippen LogP contribution is 2.23. The van der Waals surface area contributed by atoms with E-state index in [1.165, 1.54) is 6.92 Å². The third-order valence-electron chi connectivity index (χ3n) is 4.14. The number of amides is 2. The summed E-state index contributed by atoms with van der Waals surface area (Å²) in [4.78, 5) is 36.7. The highest BCUT2D eigenvalue weighted by molar-refractivity contribution is 6.14. The summed E-state index contributed by atoms with van der Waals surface area (Å²) in [6, 6.07) is 12.4. The van der Waals surface area contributed by atoms with Crippen LogP contribution in [0.3, 0.4) is 0 Å². The topological polar surface area (TPSA) is 75.3 Å². The van der Waals surface area contributed by atoms with Gasteiger partial charge in [-0.15, -0.1) is 0 Å². The van der Waals surface area contributed by atoms with E-state index >= 15 is 0 Å². The summed E-state index contributed by atoms with van der Waals surface area (Å²) in [6.45, 7) is 8.48. The second kappa shape index (κ2) is 7.52. The van der Waals surface area contributed by atoms with E-state index in [1.807, 2.05) is 32.0 Å². The summed E-state index contributed by atoms with van der Waals surface area (Å²) in [5.41, 5.74) is 2.42. The summed E-state index contributed by atoms with van der Waals surface area (Å²) in [5, 5.41) is 5.52. The Balaban J connectivity index is 2.14. The Labute approximate surface area is 153 Å². The van der Waals surface area contributed by atoms with Gasteiger partial charge in [-0.3, -0.25) is 14.4 Å². The Morgan fingerprint density at radius 2 is 1.35 bits per heavy atom. The molecule has 0 unspecified atom stereocenters. The van der Waals surface area contributed by atoms with Gasteiger partial charge in [0, 0.05) is 16.9 Å². The molecular formula is C21H24N2O3. The number of aryl methyl sites for hydroxylation is 2. The van der Waals surface area contributed by atoms with E-state index in [9.17, 15) is 14.4 Å². The van der Waals surface area contributed by atoms with Crippen molar-refractivity contribution in [2.45, 2.75) is 34.6 Å². The molecule has 26 heavy (non-hydrogen) atoms. The molecule has 5 heteroatoms. The number of nitrogens with one attached hydrogen (secondary N) is 2. The number of carbonyl (C=O) groups is 3. The van der Waals surface area contributed by atoms with Crippen molar-refractivity contribution in [1.82, 2.24) is 0 Å². The summed E-state index contributed by atoms with van der Waals surface area (Å²) in [5.74, 6) is -0.935. The summed E-state index contributed by atoms with van der Waals surface area (Å²) >= 11 is 0. The van der Waals surface area contributed by atoms with Gasteiger partial charge in [0.1, 0.15) is 5.41 Å². The number of ketones is 1. The zero-order valence-electron chi connectivity index (χ0n) is 15.8. The average molecular weight is 352 g/mol. The molecule has 0 atom stereocenters. The van der Waals surface area contributed by atoms with Gasteiger partial charge in [0.25, 0.3) is 0 Å². The lowest BCUT2D eigenvalue weighted by molar-refractivity contribution is -0.135. The molecule has 2 amide bonds. The van der Waals surface area contributed by atoms with Gasteiger partial charge >= 0.3 is 0 Å². The molecule has 2 rings (SSSR count). The van der Waals surface area contributed by atoms with Crippen molar-refractivity contribution in [2.75, 3.05) is 10.6 Å². The van der Waals surface area contributed by atoms with Crippen LogP contribution in [-0.2, 0) is 9.59 Å². The number of anilines is 2. The van der Waals surface area contributed by atoms with Crippen LogP contribution in [0.15, 0.2) is 42.5 Å². The minimum absolute atomic E-state index is 0.0899. The van der Waals surface area contributed by atoms with Crippen LogP contribution in [0.5, 0.6) is 0 Å². The molecule has 2 aromatic rings. The molecule has 0 saturated heterocycles. The van der Waals surface area contributed by atoms with E-state index in [-0.39, 0.29) is 5.78 Å². The van der Waals surface area contributed by atoms with Crippen LogP contribution in [0.4, 0.5) is 11.4 Å². The Morgan fingerprint density at radius 3 is 1.88 bits per heavy atom. The van der Waals surface area contributed by atoms with Crippen LogP contribution >= 0.6 is 0 Å². The van der Waals surface area contributed by atoms with E-state index < -0.39 is 17.2 Å². The van der Waals surface area contributed by atoms with E-state index in [1.54, 1.807) is 38.1 Å². The van der Waals surface area contributed by atoms with Gasteiger partial charge in [-0.1, -0.05) is 18.2 Å². The normalized spacial score (nSPS) is 11.0. The number of rotatable bonds is 5. The Hall–Kier alpha value is -2.95. The fraction of sp³-hybridized carbons (Fsp3) is 0.286. The quantitative estimate of drug-likeness (QED) is 0.628. The third-order valence-corrected chi connectivity index (χ3v) is 4.14. The molecule has 0 aliphatic heterocycles. The molecule has 2 aromatic carbocycles. The molecule has 2 N–H and O–H groups in total. The highest BCUT2D eigenvalue weighted by Gasteiger charge is 2.36. The molecule has 5 nitrogen and oxygen atoms in total. The molecule has 0 heterocycles. The summed E-state index contributed by atoms with van der Waals surface area (Å²) in [6.07, 6.45) is 0. The maximum atomic E-state index is 12.6. The fourth-order valence-corrected chi connectivity index (χ4v) is 2.54. The molecular weight excluding hydrogens is 328 g/mol. The number of carbonyl (C=O) groups excluding carboxylic acids is 3. The van der Waals surface area contributed by atoms with Crippen molar-refractivity contribution < 1.29 is 14.4 Å². The lowest BCUT2D eigenvalue weighted by atomic mass is 9.90. The number of hydrogen-bond donors (Lipinski definition) is 2. The van der Waals surface area contributed by atoms with Crippen molar-refractivity contribution in [1.29, 1.82) is 0 Å². The van der Waals surface area contributed by atoms with Crippen LogP contribution in [0.25, 0.3) is 0 Å². The van der Waals surface area contributed by atoms with E-state index in [0.717, 1.165) is 11.1 Å². The van der Waals surface area contributed by atoms with Crippen molar-refractivity contribution in [3.05, 3.63) is 59.2 Å². The van der Waals surface area contributed by atoms with Gasteiger partial charge in [-0.2, -0.15) is 0 Å². The first kappa shape index (κ1) is 19.4. The van der Waals surface area contributed by atoms with Crippen molar-refractivity contribution >= 4 is 29.0 Å². The van der Waals surface area contributed by atoms with Gasteiger partial charge in [0.15, 0.2) is 5.78 Å². The minimum Gasteiger partial charge on any atom is -0.325 e. The Morgan fingerprint density at radius 1 is 0.808 bits per heavy atom. The fourth-order valence-electron chi connectivity index (χ4n) is 2.54. The molecule has 0 aliphatic carbocycles. The van der Waals surface area contributed by atoms with Crippen molar-refractivity contribution in [2.24, 2.45) is 5.41 Å². The van der Waals surface area contributed by atoms with Gasteiger partial charge < -0.3 is 10.6 Å². The van der Waals surface area contributed by atoms with E-state index in [0.29, 0.717) is 16.9 Å². The molecule has 0 radical (unpaired) electrons. The predicted molar refractivity (Wildman–Crippen MR) is 103 cm³/mol. The summed E-state index contributed by atoms with van der Waals surface area (Å²) < 4.78 is 0. The minimum atomic E-state index is -1.29. The molecule has 0 saturated carbocycles.